The van der Waals surface area contributed by atoms with Crippen molar-refractivity contribution in [2.45, 2.75) is 45.6 Å². The van der Waals surface area contributed by atoms with Gasteiger partial charge in [0.05, 0.1) is 0 Å². The molecule has 15 heavy (non-hydrogen) atoms. The molecule has 0 aliphatic heterocycles. The molecule has 0 aromatic carbocycles. The van der Waals surface area contributed by atoms with Crippen LogP contribution in [0.1, 0.15) is 39.5 Å². The van der Waals surface area contributed by atoms with E-state index in [9.17, 15) is 4.79 Å². The van der Waals surface area contributed by atoms with E-state index < -0.39 is 5.97 Å². The van der Waals surface area contributed by atoms with Crippen molar-refractivity contribution in [3.05, 3.63) is 11.6 Å². The van der Waals surface area contributed by atoms with Crippen molar-refractivity contribution in [2.24, 2.45) is 5.92 Å². The van der Waals surface area contributed by atoms with E-state index >= 15 is 0 Å². The zero-order chi connectivity index (χ0) is 11.3. The number of rotatable bonds is 4. The highest BCUT2D eigenvalue weighted by Crippen LogP contribution is 2.23. The third-order valence-corrected chi connectivity index (χ3v) is 3.09. The first kappa shape index (κ1) is 12.2. The van der Waals surface area contributed by atoms with Crippen LogP contribution in [0, 0.1) is 5.92 Å². The maximum Gasteiger partial charge on any atom is 0.330 e. The van der Waals surface area contributed by atoms with Crippen LogP contribution in [0.25, 0.3) is 0 Å². The van der Waals surface area contributed by atoms with Gasteiger partial charge in [-0.1, -0.05) is 25.8 Å². The number of hydrogen-bond acceptors (Lipinski definition) is 2. The van der Waals surface area contributed by atoms with Gasteiger partial charge in [0.1, 0.15) is 0 Å². The second-order valence-electron chi connectivity index (χ2n) is 4.57. The highest BCUT2D eigenvalue weighted by molar-refractivity contribution is 5.85. The Balaban J connectivity index is 2.25. The summed E-state index contributed by atoms with van der Waals surface area (Å²) in [5.41, 5.74) is 0.423. The SMILES string of the molecule is C/C(=C/CNC1CCCC(C)C1)C(=O)O. The molecule has 1 rings (SSSR count). The van der Waals surface area contributed by atoms with E-state index in [1.165, 1.54) is 25.7 Å². The number of carboxylic acids is 1. The summed E-state index contributed by atoms with van der Waals surface area (Å²) in [6, 6.07) is 0.576. The van der Waals surface area contributed by atoms with E-state index in [2.05, 4.69) is 12.2 Å². The Bertz CT molecular complexity index is 248. The predicted octanol–water partition coefficient (Wildman–Crippen LogP) is 2.19. The molecule has 0 radical (unpaired) electrons. The van der Waals surface area contributed by atoms with Crippen LogP contribution in [0.4, 0.5) is 0 Å². The molecular weight excluding hydrogens is 190 g/mol. The quantitative estimate of drug-likeness (QED) is 0.701. The number of carboxylic acid groups (broad SMARTS) is 1. The van der Waals surface area contributed by atoms with E-state index in [0.29, 0.717) is 18.2 Å². The Morgan fingerprint density at radius 2 is 2.27 bits per heavy atom. The highest BCUT2D eigenvalue weighted by Gasteiger charge is 2.17. The smallest absolute Gasteiger partial charge is 0.330 e. The standard InChI is InChI=1S/C12H21NO2/c1-9-4-3-5-11(8-9)13-7-6-10(2)12(14)15/h6,9,11,13H,3-5,7-8H2,1-2H3,(H,14,15)/b10-6-. The minimum atomic E-state index is -0.825. The minimum Gasteiger partial charge on any atom is -0.478 e. The maximum absolute atomic E-state index is 10.5. The van der Waals surface area contributed by atoms with Crippen LogP contribution in [0.2, 0.25) is 0 Å². The van der Waals surface area contributed by atoms with E-state index in [4.69, 9.17) is 5.11 Å². The molecule has 3 heteroatoms. The van der Waals surface area contributed by atoms with Gasteiger partial charge in [0.25, 0.3) is 0 Å². The topological polar surface area (TPSA) is 49.3 Å². The molecule has 0 aromatic heterocycles. The normalized spacial score (nSPS) is 27.7. The summed E-state index contributed by atoms with van der Waals surface area (Å²) in [5.74, 6) is -0.0189. The molecule has 1 fully saturated rings. The Labute approximate surface area is 91.6 Å². The van der Waals surface area contributed by atoms with Crippen molar-refractivity contribution in [2.75, 3.05) is 6.54 Å². The first-order valence-electron chi connectivity index (χ1n) is 5.73. The second-order valence-corrected chi connectivity index (χ2v) is 4.57. The van der Waals surface area contributed by atoms with E-state index in [1.807, 2.05) is 0 Å². The first-order valence-corrected chi connectivity index (χ1v) is 5.73. The molecule has 2 N–H and O–H groups in total. The number of carbonyl (C=O) groups is 1. The molecule has 0 bridgehead atoms. The molecule has 0 amide bonds. The molecular formula is C12H21NO2. The fourth-order valence-corrected chi connectivity index (χ4v) is 2.09. The number of hydrogen-bond donors (Lipinski definition) is 2. The molecule has 0 heterocycles. The third-order valence-electron chi connectivity index (χ3n) is 3.09. The average molecular weight is 211 g/mol. The van der Waals surface area contributed by atoms with Gasteiger partial charge in [0.2, 0.25) is 0 Å². The molecule has 2 atom stereocenters. The van der Waals surface area contributed by atoms with Gasteiger partial charge >= 0.3 is 5.97 Å². The highest BCUT2D eigenvalue weighted by atomic mass is 16.4. The lowest BCUT2D eigenvalue weighted by molar-refractivity contribution is -0.132. The third kappa shape index (κ3) is 4.47. The van der Waals surface area contributed by atoms with Crippen molar-refractivity contribution in [1.82, 2.24) is 5.32 Å². The summed E-state index contributed by atoms with van der Waals surface area (Å²) in [7, 11) is 0. The van der Waals surface area contributed by atoms with E-state index in [-0.39, 0.29) is 0 Å². The van der Waals surface area contributed by atoms with Gasteiger partial charge in [-0.2, -0.15) is 0 Å². The Morgan fingerprint density at radius 3 is 2.87 bits per heavy atom. The summed E-state index contributed by atoms with van der Waals surface area (Å²) in [4.78, 5) is 10.5. The van der Waals surface area contributed by atoms with Crippen molar-refractivity contribution < 1.29 is 9.90 Å². The van der Waals surface area contributed by atoms with Crippen LogP contribution in [0.5, 0.6) is 0 Å². The zero-order valence-corrected chi connectivity index (χ0v) is 9.62. The molecule has 1 aliphatic carbocycles. The van der Waals surface area contributed by atoms with Gasteiger partial charge in [0, 0.05) is 18.2 Å². The molecule has 0 saturated heterocycles. The van der Waals surface area contributed by atoms with Crippen molar-refractivity contribution >= 4 is 5.97 Å². The molecule has 0 spiro atoms. The Hall–Kier alpha value is -0.830. The van der Waals surface area contributed by atoms with Gasteiger partial charge < -0.3 is 10.4 Å². The molecule has 0 aromatic rings. The van der Waals surface area contributed by atoms with Crippen LogP contribution < -0.4 is 5.32 Å². The Morgan fingerprint density at radius 1 is 1.53 bits per heavy atom. The van der Waals surface area contributed by atoms with Crippen LogP contribution >= 0.6 is 0 Å². The van der Waals surface area contributed by atoms with E-state index in [0.717, 1.165) is 5.92 Å². The summed E-state index contributed by atoms with van der Waals surface area (Å²) >= 11 is 0. The Kier molecular flexibility index (Phi) is 4.82. The average Bonchev–Trinajstić information content (AvgIpc) is 2.17. The molecule has 1 saturated carbocycles. The molecule has 3 nitrogen and oxygen atoms in total. The van der Waals surface area contributed by atoms with Gasteiger partial charge in [-0.05, 0) is 25.7 Å². The van der Waals surface area contributed by atoms with Crippen molar-refractivity contribution in [3.63, 3.8) is 0 Å². The maximum atomic E-state index is 10.5. The largest absolute Gasteiger partial charge is 0.478 e. The summed E-state index contributed by atoms with van der Waals surface area (Å²) in [6.45, 7) is 4.59. The zero-order valence-electron chi connectivity index (χ0n) is 9.62. The predicted molar refractivity (Wildman–Crippen MR) is 60.8 cm³/mol. The lowest BCUT2D eigenvalue weighted by atomic mass is 9.87. The number of aliphatic carboxylic acids is 1. The van der Waals surface area contributed by atoms with Crippen molar-refractivity contribution in [1.29, 1.82) is 0 Å². The van der Waals surface area contributed by atoms with Gasteiger partial charge in [-0.15, -0.1) is 0 Å². The van der Waals surface area contributed by atoms with Crippen LogP contribution in [-0.2, 0) is 4.79 Å². The minimum absolute atomic E-state index is 0.423. The monoisotopic (exact) mass is 211 g/mol. The van der Waals surface area contributed by atoms with Crippen LogP contribution in [-0.4, -0.2) is 23.7 Å². The van der Waals surface area contributed by atoms with Gasteiger partial charge in [-0.3, -0.25) is 0 Å². The van der Waals surface area contributed by atoms with Gasteiger partial charge in [0.15, 0.2) is 0 Å². The van der Waals surface area contributed by atoms with Crippen molar-refractivity contribution in [3.8, 4) is 0 Å². The van der Waals surface area contributed by atoms with E-state index in [1.54, 1.807) is 13.0 Å². The van der Waals surface area contributed by atoms with Crippen LogP contribution in [0.15, 0.2) is 11.6 Å². The second kappa shape index (κ2) is 5.91. The van der Waals surface area contributed by atoms with Gasteiger partial charge in [-0.25, -0.2) is 4.79 Å². The summed E-state index contributed by atoms with van der Waals surface area (Å²) in [6.07, 6.45) is 6.83. The number of nitrogens with one attached hydrogen (secondary N) is 1. The molecule has 2 unspecified atom stereocenters. The molecule has 1 aliphatic rings. The van der Waals surface area contributed by atoms with Crippen LogP contribution in [0.3, 0.4) is 0 Å². The summed E-state index contributed by atoms with van der Waals surface area (Å²) < 4.78 is 0. The fraction of sp³-hybridized carbons (Fsp3) is 0.750. The lowest BCUT2D eigenvalue weighted by Gasteiger charge is -2.27. The lowest BCUT2D eigenvalue weighted by Crippen LogP contribution is -2.33. The molecule has 86 valence electrons. The first-order chi connectivity index (χ1) is 7.09. The fourth-order valence-electron chi connectivity index (χ4n) is 2.09. The summed E-state index contributed by atoms with van der Waals surface area (Å²) in [5, 5.41) is 12.1.